The Kier molecular flexibility index (Phi) is 4.28. The molecule has 0 aliphatic heterocycles. The monoisotopic (exact) mass is 281 g/mol. The van der Waals surface area contributed by atoms with E-state index in [1.54, 1.807) is 6.20 Å². The van der Waals surface area contributed by atoms with E-state index < -0.39 is 0 Å². The van der Waals surface area contributed by atoms with E-state index >= 15 is 0 Å². The zero-order valence-electron chi connectivity index (χ0n) is 9.84. The number of carbonyl (C=O) groups is 1. The molecule has 2 heterocycles. The summed E-state index contributed by atoms with van der Waals surface area (Å²) in [7, 11) is 0. The average Bonchev–Trinajstić information content (AvgIpc) is 2.78. The summed E-state index contributed by atoms with van der Waals surface area (Å²) < 4.78 is 0. The van der Waals surface area contributed by atoms with Crippen LogP contribution in [0.25, 0.3) is 0 Å². The van der Waals surface area contributed by atoms with Gasteiger partial charge in [-0.2, -0.15) is 0 Å². The van der Waals surface area contributed by atoms with Crippen LogP contribution in [0.2, 0.25) is 5.15 Å². The average molecular weight is 282 g/mol. The van der Waals surface area contributed by atoms with E-state index in [0.29, 0.717) is 11.4 Å². The van der Waals surface area contributed by atoms with Gasteiger partial charge in [-0.1, -0.05) is 29.0 Å². The number of carbonyl (C=O) groups excluding carboxylic acids is 1. The molecule has 0 unspecified atom stereocenters. The second-order valence-corrected chi connectivity index (χ2v) is 4.97. The molecule has 2 aromatic heterocycles. The van der Waals surface area contributed by atoms with Crippen LogP contribution in [-0.2, 0) is 6.54 Å². The fourth-order valence-corrected chi connectivity index (χ4v) is 2.64. The van der Waals surface area contributed by atoms with Crippen LogP contribution in [0, 0.1) is 0 Å². The van der Waals surface area contributed by atoms with Crippen molar-refractivity contribution in [3.8, 4) is 0 Å². The molecular formula is C12H12ClN3OS. The minimum absolute atomic E-state index is 0.268. The number of halogens is 1. The first-order valence-electron chi connectivity index (χ1n) is 5.51. The number of thiazole rings is 1. The minimum atomic E-state index is 0.268. The highest BCUT2D eigenvalue weighted by Gasteiger charge is 2.14. The number of hydrogen-bond donors (Lipinski definition) is 0. The first-order chi connectivity index (χ1) is 8.74. The Bertz CT molecular complexity index is 529. The first kappa shape index (κ1) is 13.0. The zero-order valence-corrected chi connectivity index (χ0v) is 11.4. The topological polar surface area (TPSA) is 46.1 Å². The van der Waals surface area contributed by atoms with Crippen LogP contribution in [0.4, 0.5) is 5.13 Å². The lowest BCUT2D eigenvalue weighted by Gasteiger charge is -2.18. The molecule has 0 aromatic carbocycles. The van der Waals surface area contributed by atoms with Gasteiger partial charge in [0, 0.05) is 12.7 Å². The third kappa shape index (κ3) is 2.86. The molecule has 6 heteroatoms. The number of pyridine rings is 1. The predicted octanol–water partition coefficient (Wildman–Crippen LogP) is 3.03. The molecule has 4 nitrogen and oxygen atoms in total. The van der Waals surface area contributed by atoms with Crippen molar-refractivity contribution >= 4 is 34.4 Å². The molecule has 2 rings (SSSR count). The molecule has 0 amide bonds. The van der Waals surface area contributed by atoms with Crippen molar-refractivity contribution in [2.45, 2.75) is 13.5 Å². The molecule has 0 fully saturated rings. The number of hydrogen-bond acceptors (Lipinski definition) is 5. The molecule has 2 aromatic rings. The highest BCUT2D eigenvalue weighted by atomic mass is 35.5. The van der Waals surface area contributed by atoms with Crippen LogP contribution >= 0.6 is 22.9 Å². The molecule has 0 N–H and O–H groups in total. The quantitative estimate of drug-likeness (QED) is 0.791. The molecule has 0 spiro atoms. The molecule has 18 heavy (non-hydrogen) atoms. The predicted molar refractivity (Wildman–Crippen MR) is 73.5 cm³/mol. The first-order valence-corrected chi connectivity index (χ1v) is 6.70. The number of nitrogens with zero attached hydrogens (tertiary/aromatic N) is 3. The SMILES string of the molecule is CCN(Cc1ccccn1)c1nc(Cl)c(C=O)s1. The molecular weight excluding hydrogens is 270 g/mol. The fourth-order valence-electron chi connectivity index (χ4n) is 1.51. The summed E-state index contributed by atoms with van der Waals surface area (Å²) >= 11 is 7.17. The van der Waals surface area contributed by atoms with Gasteiger partial charge in [-0.3, -0.25) is 9.78 Å². The minimum Gasteiger partial charge on any atom is -0.342 e. The maximum atomic E-state index is 10.8. The van der Waals surface area contributed by atoms with Crippen LogP contribution in [-0.4, -0.2) is 22.8 Å². The molecule has 0 bridgehead atoms. The van der Waals surface area contributed by atoms with E-state index in [4.69, 9.17) is 11.6 Å². The van der Waals surface area contributed by atoms with E-state index in [2.05, 4.69) is 9.97 Å². The van der Waals surface area contributed by atoms with Crippen LogP contribution in [0.15, 0.2) is 24.4 Å². The van der Waals surface area contributed by atoms with Gasteiger partial charge in [0.15, 0.2) is 16.6 Å². The summed E-state index contributed by atoms with van der Waals surface area (Å²) in [5, 5.41) is 1.01. The van der Waals surface area contributed by atoms with Crippen molar-refractivity contribution in [3.63, 3.8) is 0 Å². The van der Waals surface area contributed by atoms with Crippen molar-refractivity contribution in [2.24, 2.45) is 0 Å². The molecule has 0 saturated heterocycles. The second kappa shape index (κ2) is 5.93. The maximum absolute atomic E-state index is 10.8. The highest BCUT2D eigenvalue weighted by molar-refractivity contribution is 7.17. The Morgan fingerprint density at radius 1 is 1.50 bits per heavy atom. The third-order valence-corrected chi connectivity index (χ3v) is 3.88. The van der Waals surface area contributed by atoms with Crippen LogP contribution in [0.5, 0.6) is 0 Å². The number of rotatable bonds is 5. The zero-order chi connectivity index (χ0) is 13.0. The molecule has 0 atom stereocenters. The second-order valence-electron chi connectivity index (χ2n) is 3.60. The molecule has 0 aliphatic carbocycles. The van der Waals surface area contributed by atoms with Gasteiger partial charge in [0.05, 0.1) is 12.2 Å². The van der Waals surface area contributed by atoms with Crippen LogP contribution in [0.1, 0.15) is 22.3 Å². The largest absolute Gasteiger partial charge is 0.342 e. The van der Waals surface area contributed by atoms with E-state index in [9.17, 15) is 4.79 Å². The van der Waals surface area contributed by atoms with Gasteiger partial charge in [-0.25, -0.2) is 4.98 Å². The van der Waals surface area contributed by atoms with E-state index in [1.165, 1.54) is 11.3 Å². The lowest BCUT2D eigenvalue weighted by atomic mass is 10.3. The summed E-state index contributed by atoms with van der Waals surface area (Å²) in [4.78, 5) is 21.7. The summed E-state index contributed by atoms with van der Waals surface area (Å²) in [5.74, 6) is 0. The van der Waals surface area contributed by atoms with Crippen molar-refractivity contribution in [2.75, 3.05) is 11.4 Å². The Balaban J connectivity index is 2.20. The summed E-state index contributed by atoms with van der Waals surface area (Å²) in [6, 6.07) is 5.78. The molecule has 0 aliphatic rings. The van der Waals surface area contributed by atoms with Crippen LogP contribution < -0.4 is 4.90 Å². The Labute approximate surface area is 114 Å². The van der Waals surface area contributed by atoms with Crippen molar-refractivity contribution in [3.05, 3.63) is 40.1 Å². The van der Waals surface area contributed by atoms with Crippen molar-refractivity contribution < 1.29 is 4.79 Å². The maximum Gasteiger partial charge on any atom is 0.187 e. The molecule has 94 valence electrons. The van der Waals surface area contributed by atoms with Gasteiger partial charge in [-0.15, -0.1) is 0 Å². The Morgan fingerprint density at radius 2 is 2.33 bits per heavy atom. The lowest BCUT2D eigenvalue weighted by Crippen LogP contribution is -2.22. The van der Waals surface area contributed by atoms with Gasteiger partial charge in [-0.05, 0) is 19.1 Å². The standard InChI is InChI=1S/C12H12ClN3OS/c1-2-16(7-9-5-3-4-6-14-9)12-15-11(13)10(8-17)18-12/h3-6,8H,2,7H2,1H3. The van der Waals surface area contributed by atoms with Gasteiger partial charge in [0.2, 0.25) is 0 Å². The number of aromatic nitrogens is 2. The van der Waals surface area contributed by atoms with E-state index in [1.807, 2.05) is 30.0 Å². The highest BCUT2D eigenvalue weighted by Crippen LogP contribution is 2.28. The van der Waals surface area contributed by atoms with Gasteiger partial charge < -0.3 is 4.90 Å². The Morgan fingerprint density at radius 3 is 2.89 bits per heavy atom. The fraction of sp³-hybridized carbons (Fsp3) is 0.250. The third-order valence-electron chi connectivity index (χ3n) is 2.44. The van der Waals surface area contributed by atoms with E-state index in [0.717, 1.165) is 23.7 Å². The van der Waals surface area contributed by atoms with Gasteiger partial charge in [0.1, 0.15) is 4.88 Å². The van der Waals surface area contributed by atoms with Gasteiger partial charge in [0.25, 0.3) is 0 Å². The number of aldehydes is 1. The smallest absolute Gasteiger partial charge is 0.187 e. The van der Waals surface area contributed by atoms with Crippen molar-refractivity contribution in [1.82, 2.24) is 9.97 Å². The van der Waals surface area contributed by atoms with E-state index in [-0.39, 0.29) is 5.15 Å². The lowest BCUT2D eigenvalue weighted by molar-refractivity contribution is 0.112. The Hall–Kier alpha value is -1.46. The number of anilines is 1. The normalized spacial score (nSPS) is 10.3. The molecule has 0 radical (unpaired) electrons. The summed E-state index contributed by atoms with van der Waals surface area (Å²) in [6.07, 6.45) is 2.49. The molecule has 0 saturated carbocycles. The summed E-state index contributed by atoms with van der Waals surface area (Å²) in [6.45, 7) is 3.46. The summed E-state index contributed by atoms with van der Waals surface area (Å²) in [5.41, 5.74) is 0.957. The van der Waals surface area contributed by atoms with Gasteiger partial charge >= 0.3 is 0 Å². The van der Waals surface area contributed by atoms with Crippen molar-refractivity contribution in [1.29, 1.82) is 0 Å². The van der Waals surface area contributed by atoms with Crippen LogP contribution in [0.3, 0.4) is 0 Å².